The molecule has 2 aromatic carbocycles. The van der Waals surface area contributed by atoms with E-state index in [1.807, 2.05) is 30.3 Å². The van der Waals surface area contributed by atoms with Gasteiger partial charge in [-0.05, 0) is 18.6 Å². The second kappa shape index (κ2) is 5.61. The summed E-state index contributed by atoms with van der Waals surface area (Å²) in [5, 5.41) is 15.0. The first-order valence-corrected chi connectivity index (χ1v) is 5.27. The van der Waals surface area contributed by atoms with E-state index in [1.54, 1.807) is 6.07 Å². The number of halogens is 1. The molecule has 0 saturated carbocycles. The van der Waals surface area contributed by atoms with Crippen LogP contribution in [0, 0.1) is 0 Å². The van der Waals surface area contributed by atoms with E-state index < -0.39 is 0 Å². The molecule has 2 nitrogen and oxygen atoms in total. The number of nitrogens with one attached hydrogen (secondary N) is 1. The van der Waals surface area contributed by atoms with Crippen LogP contribution < -0.4 is 5.32 Å². The molecule has 0 aliphatic heterocycles. The molecule has 0 amide bonds. The van der Waals surface area contributed by atoms with Gasteiger partial charge in [-0.2, -0.15) is 0 Å². The molecule has 2 N–H and O–H groups in total. The Labute approximate surface area is 102 Å². The van der Waals surface area contributed by atoms with Crippen LogP contribution in [0.3, 0.4) is 0 Å². The lowest BCUT2D eigenvalue weighted by Crippen LogP contribution is -1.99. The van der Waals surface area contributed by atoms with Gasteiger partial charge in [0.1, 0.15) is 5.75 Å². The Morgan fingerprint density at radius 3 is 2.44 bits per heavy atom. The summed E-state index contributed by atoms with van der Waals surface area (Å²) in [5.74, 6) is 0.340. The van der Waals surface area contributed by atoms with E-state index >= 15 is 0 Å². The largest absolute Gasteiger partial charge is 0.507 e. The lowest BCUT2D eigenvalue weighted by molar-refractivity contribution is 0.481. The number of anilines is 1. The Kier molecular flexibility index (Phi) is 4.44. The van der Waals surface area contributed by atoms with Crippen LogP contribution in [-0.2, 0) is 0 Å². The van der Waals surface area contributed by atoms with Crippen molar-refractivity contribution in [2.24, 2.45) is 0 Å². The van der Waals surface area contributed by atoms with Gasteiger partial charge in [0.15, 0.2) is 0 Å². The first-order valence-electron chi connectivity index (χ1n) is 5.27. The molecule has 16 heavy (non-hydrogen) atoms. The number of benzene rings is 2. The van der Waals surface area contributed by atoms with E-state index in [0.717, 1.165) is 29.4 Å². The van der Waals surface area contributed by atoms with E-state index in [9.17, 15) is 5.11 Å². The van der Waals surface area contributed by atoms with Crippen LogP contribution in [-0.4, -0.2) is 11.7 Å². The van der Waals surface area contributed by atoms with Crippen LogP contribution in [0.4, 0.5) is 5.69 Å². The summed E-state index contributed by atoms with van der Waals surface area (Å²) in [7, 11) is 0. The second-order valence-electron chi connectivity index (χ2n) is 3.60. The molecule has 0 aliphatic rings. The normalized spacial score (nSPS) is 9.81. The third kappa shape index (κ3) is 2.39. The van der Waals surface area contributed by atoms with Crippen molar-refractivity contribution in [2.45, 2.75) is 13.3 Å². The smallest absolute Gasteiger partial charge is 0.123 e. The van der Waals surface area contributed by atoms with Crippen molar-refractivity contribution < 1.29 is 5.11 Å². The molecule has 86 valence electrons. The van der Waals surface area contributed by atoms with Crippen molar-refractivity contribution in [3.05, 3.63) is 36.4 Å². The van der Waals surface area contributed by atoms with Gasteiger partial charge in [0.2, 0.25) is 0 Å². The molecule has 0 atom stereocenters. The van der Waals surface area contributed by atoms with E-state index in [1.165, 1.54) is 0 Å². The zero-order valence-electron chi connectivity index (χ0n) is 9.23. The third-order valence-corrected chi connectivity index (χ3v) is 2.47. The monoisotopic (exact) mass is 237 g/mol. The first-order chi connectivity index (χ1) is 7.33. The summed E-state index contributed by atoms with van der Waals surface area (Å²) in [4.78, 5) is 0. The fraction of sp³-hybridized carbons (Fsp3) is 0.231. The van der Waals surface area contributed by atoms with Gasteiger partial charge in [0.25, 0.3) is 0 Å². The maximum atomic E-state index is 9.69. The predicted molar refractivity (Wildman–Crippen MR) is 71.6 cm³/mol. The highest BCUT2D eigenvalue weighted by molar-refractivity contribution is 5.97. The van der Waals surface area contributed by atoms with Gasteiger partial charge in [0, 0.05) is 23.0 Å². The summed E-state index contributed by atoms with van der Waals surface area (Å²) in [6, 6.07) is 11.5. The highest BCUT2D eigenvalue weighted by Crippen LogP contribution is 2.30. The quantitative estimate of drug-likeness (QED) is 0.797. The molecule has 0 unspecified atom stereocenters. The number of fused-ring (bicyclic) bond motifs is 1. The van der Waals surface area contributed by atoms with Gasteiger partial charge in [-0.3, -0.25) is 0 Å². The van der Waals surface area contributed by atoms with Gasteiger partial charge >= 0.3 is 0 Å². The molecule has 0 radical (unpaired) electrons. The summed E-state index contributed by atoms with van der Waals surface area (Å²) in [5.41, 5.74) is 1.09. The minimum Gasteiger partial charge on any atom is -0.507 e. The van der Waals surface area contributed by atoms with Gasteiger partial charge in [-0.15, -0.1) is 12.4 Å². The zero-order valence-corrected chi connectivity index (χ0v) is 10.1. The average molecular weight is 238 g/mol. The molecule has 0 fully saturated rings. The van der Waals surface area contributed by atoms with Gasteiger partial charge in [-0.25, -0.2) is 0 Å². The van der Waals surface area contributed by atoms with Crippen LogP contribution in [0.1, 0.15) is 13.3 Å². The Balaban J connectivity index is 0.00000128. The van der Waals surface area contributed by atoms with Crippen LogP contribution >= 0.6 is 12.4 Å². The standard InChI is InChI=1S/C13H15NO.ClH/c1-2-9-14-12-7-8-13(15)11-6-4-3-5-10(11)12;/h3-8,14-15H,2,9H2,1H3;1H. The molecular formula is C13H16ClNO. The number of hydrogen-bond donors (Lipinski definition) is 2. The van der Waals surface area contributed by atoms with Crippen LogP contribution in [0.2, 0.25) is 0 Å². The molecule has 0 aliphatic carbocycles. The summed E-state index contributed by atoms with van der Waals surface area (Å²) >= 11 is 0. The van der Waals surface area contributed by atoms with Crippen LogP contribution in [0.25, 0.3) is 10.8 Å². The fourth-order valence-electron chi connectivity index (χ4n) is 1.70. The summed E-state index contributed by atoms with van der Waals surface area (Å²) < 4.78 is 0. The first kappa shape index (κ1) is 12.7. The van der Waals surface area contributed by atoms with Crippen molar-refractivity contribution >= 4 is 28.9 Å². The lowest BCUT2D eigenvalue weighted by Gasteiger charge is -2.09. The molecule has 0 aromatic heterocycles. The topological polar surface area (TPSA) is 32.3 Å². The molecule has 3 heteroatoms. The number of phenolic OH excluding ortho intramolecular Hbond substituents is 1. The van der Waals surface area contributed by atoms with Crippen molar-refractivity contribution in [1.29, 1.82) is 0 Å². The molecule has 2 rings (SSSR count). The fourth-order valence-corrected chi connectivity index (χ4v) is 1.70. The zero-order chi connectivity index (χ0) is 10.7. The Morgan fingerprint density at radius 2 is 1.75 bits per heavy atom. The van der Waals surface area contributed by atoms with Crippen LogP contribution in [0.5, 0.6) is 5.75 Å². The Hall–Kier alpha value is -1.41. The minimum absolute atomic E-state index is 0. The molecule has 0 heterocycles. The van der Waals surface area contributed by atoms with E-state index in [-0.39, 0.29) is 12.4 Å². The van der Waals surface area contributed by atoms with Crippen molar-refractivity contribution in [2.75, 3.05) is 11.9 Å². The van der Waals surface area contributed by atoms with Crippen molar-refractivity contribution in [3.63, 3.8) is 0 Å². The number of rotatable bonds is 3. The molecular weight excluding hydrogens is 222 g/mol. The molecule has 0 spiro atoms. The molecule has 2 aromatic rings. The highest BCUT2D eigenvalue weighted by Gasteiger charge is 2.03. The van der Waals surface area contributed by atoms with Crippen molar-refractivity contribution in [3.8, 4) is 5.75 Å². The average Bonchev–Trinajstić information content (AvgIpc) is 2.29. The minimum atomic E-state index is 0. The Morgan fingerprint density at radius 1 is 1.06 bits per heavy atom. The predicted octanol–water partition coefficient (Wildman–Crippen LogP) is 3.79. The van der Waals surface area contributed by atoms with Gasteiger partial charge in [0.05, 0.1) is 0 Å². The second-order valence-corrected chi connectivity index (χ2v) is 3.60. The number of aromatic hydroxyl groups is 1. The number of phenols is 1. The maximum absolute atomic E-state index is 9.69. The third-order valence-electron chi connectivity index (χ3n) is 2.47. The van der Waals surface area contributed by atoms with Crippen LogP contribution in [0.15, 0.2) is 36.4 Å². The maximum Gasteiger partial charge on any atom is 0.123 e. The van der Waals surface area contributed by atoms with E-state index in [0.29, 0.717) is 5.75 Å². The number of hydrogen-bond acceptors (Lipinski definition) is 2. The molecule has 0 saturated heterocycles. The lowest BCUT2D eigenvalue weighted by atomic mass is 10.1. The van der Waals surface area contributed by atoms with E-state index in [4.69, 9.17) is 0 Å². The van der Waals surface area contributed by atoms with Gasteiger partial charge < -0.3 is 10.4 Å². The van der Waals surface area contributed by atoms with E-state index in [2.05, 4.69) is 12.2 Å². The van der Waals surface area contributed by atoms with Gasteiger partial charge in [-0.1, -0.05) is 31.2 Å². The van der Waals surface area contributed by atoms with Crippen molar-refractivity contribution in [1.82, 2.24) is 0 Å². The summed E-state index contributed by atoms with van der Waals surface area (Å²) in [6.45, 7) is 3.09. The Bertz CT molecular complexity index is 470. The molecule has 0 bridgehead atoms. The highest BCUT2D eigenvalue weighted by atomic mass is 35.5. The summed E-state index contributed by atoms with van der Waals surface area (Å²) in [6.07, 6.45) is 1.09. The SMILES string of the molecule is CCCNc1ccc(O)c2ccccc12.Cl.